The molecule has 1 N–H and O–H groups in total. The van der Waals surface area contributed by atoms with Crippen molar-refractivity contribution < 1.29 is 9.90 Å². The van der Waals surface area contributed by atoms with Gasteiger partial charge in [-0.05, 0) is 59.3 Å². The zero-order valence-electron chi connectivity index (χ0n) is 15.0. The van der Waals surface area contributed by atoms with Gasteiger partial charge in [0.15, 0.2) is 0 Å². The van der Waals surface area contributed by atoms with Crippen LogP contribution in [0.3, 0.4) is 0 Å². The van der Waals surface area contributed by atoms with E-state index in [1.54, 1.807) is 30.6 Å². The molecule has 0 fully saturated rings. The third-order valence-electron chi connectivity index (χ3n) is 5.22. The third kappa shape index (κ3) is 2.26. The molecule has 0 bridgehead atoms. The van der Waals surface area contributed by atoms with Crippen LogP contribution in [-0.4, -0.2) is 31.0 Å². The number of benzene rings is 3. The Morgan fingerprint density at radius 3 is 1.86 bits per heavy atom. The number of nitrogens with zero attached hydrogens (tertiary/aromatic N) is 4. The van der Waals surface area contributed by atoms with Gasteiger partial charge in [-0.1, -0.05) is 6.07 Å². The van der Waals surface area contributed by atoms with Crippen molar-refractivity contribution in [1.29, 1.82) is 0 Å². The summed E-state index contributed by atoms with van der Waals surface area (Å²) in [5, 5.41) is 12.8. The fourth-order valence-corrected chi connectivity index (χ4v) is 3.88. The van der Waals surface area contributed by atoms with Gasteiger partial charge in [-0.25, -0.2) is 14.8 Å². The van der Waals surface area contributed by atoms with Gasteiger partial charge in [-0.2, -0.15) is 0 Å². The van der Waals surface area contributed by atoms with Gasteiger partial charge in [0.1, 0.15) is 0 Å². The Bertz CT molecular complexity index is 1640. The smallest absolute Gasteiger partial charge is 0.335 e. The molecular formula is C23H12N4O2. The van der Waals surface area contributed by atoms with E-state index in [0.29, 0.717) is 5.52 Å². The molecule has 3 aromatic carbocycles. The highest BCUT2D eigenvalue weighted by Gasteiger charge is 2.14. The summed E-state index contributed by atoms with van der Waals surface area (Å²) in [7, 11) is 0. The monoisotopic (exact) mass is 376 g/mol. The minimum absolute atomic E-state index is 0.248. The number of carboxylic acids is 1. The SMILES string of the molecule is O=C(O)c1ccc2cc3nc4c5cccnc5c5ncccc5c4nc3cc2c1. The summed E-state index contributed by atoms with van der Waals surface area (Å²) in [6, 6.07) is 16.6. The van der Waals surface area contributed by atoms with Crippen LogP contribution in [0, 0.1) is 0 Å². The van der Waals surface area contributed by atoms with E-state index in [4.69, 9.17) is 9.97 Å². The molecule has 0 amide bonds. The molecule has 3 aromatic heterocycles. The minimum atomic E-state index is -0.951. The molecule has 29 heavy (non-hydrogen) atoms. The zero-order chi connectivity index (χ0) is 19.5. The Labute approximate surface area is 163 Å². The Balaban J connectivity index is 1.80. The van der Waals surface area contributed by atoms with Crippen molar-refractivity contribution in [3.8, 4) is 0 Å². The van der Waals surface area contributed by atoms with Crippen LogP contribution in [0.25, 0.3) is 54.6 Å². The van der Waals surface area contributed by atoms with Crippen molar-refractivity contribution in [3.05, 3.63) is 72.6 Å². The van der Waals surface area contributed by atoms with Gasteiger partial charge in [0.05, 0.1) is 38.7 Å². The third-order valence-corrected chi connectivity index (χ3v) is 5.22. The molecule has 0 radical (unpaired) electrons. The van der Waals surface area contributed by atoms with Crippen LogP contribution in [-0.2, 0) is 0 Å². The summed E-state index contributed by atoms with van der Waals surface area (Å²) >= 11 is 0. The maximum atomic E-state index is 11.3. The second-order valence-electron chi connectivity index (χ2n) is 6.93. The molecule has 0 saturated carbocycles. The van der Waals surface area contributed by atoms with E-state index in [9.17, 15) is 9.90 Å². The Hall–Kier alpha value is -4.19. The zero-order valence-corrected chi connectivity index (χ0v) is 15.0. The molecule has 0 spiro atoms. The molecule has 0 atom stereocenters. The number of fused-ring (bicyclic) bond motifs is 8. The average molecular weight is 376 g/mol. The van der Waals surface area contributed by atoms with E-state index in [1.165, 1.54) is 0 Å². The van der Waals surface area contributed by atoms with Gasteiger partial charge in [0.25, 0.3) is 0 Å². The fraction of sp³-hybridized carbons (Fsp3) is 0. The number of carbonyl (C=O) groups is 1. The summed E-state index contributed by atoms with van der Waals surface area (Å²) in [4.78, 5) is 30.2. The van der Waals surface area contributed by atoms with Crippen molar-refractivity contribution in [2.24, 2.45) is 0 Å². The number of aromatic nitrogens is 4. The van der Waals surface area contributed by atoms with Gasteiger partial charge in [0.2, 0.25) is 0 Å². The van der Waals surface area contributed by atoms with Crippen LogP contribution in [0.2, 0.25) is 0 Å². The Morgan fingerprint density at radius 2 is 1.28 bits per heavy atom. The van der Waals surface area contributed by atoms with Crippen LogP contribution in [0.5, 0.6) is 0 Å². The summed E-state index contributed by atoms with van der Waals surface area (Å²) in [6.07, 6.45) is 3.50. The van der Waals surface area contributed by atoms with E-state index in [-0.39, 0.29) is 5.56 Å². The van der Waals surface area contributed by atoms with Crippen molar-refractivity contribution in [2.75, 3.05) is 0 Å². The Kier molecular flexibility index (Phi) is 3.09. The molecule has 6 heteroatoms. The first-order chi connectivity index (χ1) is 14.2. The summed E-state index contributed by atoms with van der Waals surface area (Å²) in [6.45, 7) is 0. The Morgan fingerprint density at radius 1 is 0.690 bits per heavy atom. The quantitative estimate of drug-likeness (QED) is 0.330. The predicted molar refractivity (Wildman–Crippen MR) is 112 cm³/mol. The van der Waals surface area contributed by atoms with E-state index in [1.807, 2.05) is 36.4 Å². The molecule has 136 valence electrons. The largest absolute Gasteiger partial charge is 0.478 e. The van der Waals surface area contributed by atoms with Crippen LogP contribution in [0.15, 0.2) is 67.0 Å². The minimum Gasteiger partial charge on any atom is -0.478 e. The predicted octanol–water partition coefficient (Wildman–Crippen LogP) is 4.73. The molecule has 3 heterocycles. The molecule has 6 nitrogen and oxygen atoms in total. The maximum absolute atomic E-state index is 11.3. The van der Waals surface area contributed by atoms with Crippen LogP contribution in [0.4, 0.5) is 0 Å². The lowest BCUT2D eigenvalue weighted by Gasteiger charge is -2.09. The second kappa shape index (κ2) is 5.65. The number of hydrogen-bond acceptors (Lipinski definition) is 5. The number of rotatable bonds is 1. The topological polar surface area (TPSA) is 88.9 Å². The summed E-state index contributed by atoms with van der Waals surface area (Å²) < 4.78 is 0. The second-order valence-corrected chi connectivity index (χ2v) is 6.93. The standard InChI is InChI=1S/C23H12N4O2/c28-23(29)13-6-5-12-10-17-18(11-14(12)9-13)27-22-16-4-2-8-25-20(16)19-15(21(22)26-17)3-1-7-24-19/h1-11H,(H,28,29). The first-order valence-corrected chi connectivity index (χ1v) is 9.09. The lowest BCUT2D eigenvalue weighted by molar-refractivity contribution is 0.0697. The normalized spacial score (nSPS) is 11.7. The molecule has 6 rings (SSSR count). The van der Waals surface area contributed by atoms with Gasteiger partial charge >= 0.3 is 5.97 Å². The van der Waals surface area contributed by atoms with Gasteiger partial charge in [0, 0.05) is 23.2 Å². The maximum Gasteiger partial charge on any atom is 0.335 e. The molecular weight excluding hydrogens is 364 g/mol. The number of aromatic carboxylic acids is 1. The van der Waals surface area contributed by atoms with E-state index >= 15 is 0 Å². The van der Waals surface area contributed by atoms with Gasteiger partial charge in [-0.3, -0.25) is 9.97 Å². The highest BCUT2D eigenvalue weighted by Crippen LogP contribution is 2.32. The molecule has 0 aliphatic heterocycles. The number of pyridine rings is 2. The van der Waals surface area contributed by atoms with Gasteiger partial charge < -0.3 is 5.11 Å². The number of hydrogen-bond donors (Lipinski definition) is 1. The number of carboxylic acid groups (broad SMARTS) is 1. The van der Waals surface area contributed by atoms with Crippen LogP contribution in [0.1, 0.15) is 10.4 Å². The summed E-state index contributed by atoms with van der Waals surface area (Å²) in [5.74, 6) is -0.951. The highest BCUT2D eigenvalue weighted by atomic mass is 16.4. The molecule has 0 aliphatic carbocycles. The molecule has 0 saturated heterocycles. The average Bonchev–Trinajstić information content (AvgIpc) is 2.76. The highest BCUT2D eigenvalue weighted by molar-refractivity contribution is 6.21. The lowest BCUT2D eigenvalue weighted by Crippen LogP contribution is -1.96. The van der Waals surface area contributed by atoms with Crippen molar-refractivity contribution in [2.45, 2.75) is 0 Å². The molecule has 0 unspecified atom stereocenters. The fourth-order valence-electron chi connectivity index (χ4n) is 3.88. The van der Waals surface area contributed by atoms with Crippen molar-refractivity contribution >= 4 is 60.6 Å². The van der Waals surface area contributed by atoms with E-state index in [0.717, 1.165) is 49.1 Å². The van der Waals surface area contributed by atoms with Crippen molar-refractivity contribution in [1.82, 2.24) is 19.9 Å². The van der Waals surface area contributed by atoms with E-state index < -0.39 is 5.97 Å². The lowest BCUT2D eigenvalue weighted by atomic mass is 10.0. The van der Waals surface area contributed by atoms with Gasteiger partial charge in [-0.15, -0.1) is 0 Å². The molecule has 0 aliphatic rings. The first-order valence-electron chi connectivity index (χ1n) is 9.09. The summed E-state index contributed by atoms with van der Waals surface area (Å²) in [5.41, 5.74) is 4.84. The van der Waals surface area contributed by atoms with Crippen LogP contribution < -0.4 is 0 Å². The van der Waals surface area contributed by atoms with Crippen molar-refractivity contribution in [3.63, 3.8) is 0 Å². The van der Waals surface area contributed by atoms with E-state index in [2.05, 4.69) is 9.97 Å². The van der Waals surface area contributed by atoms with Crippen LogP contribution >= 0.6 is 0 Å². The molecule has 6 aromatic rings. The first kappa shape index (κ1) is 15.8.